The summed E-state index contributed by atoms with van der Waals surface area (Å²) in [4.78, 5) is 5.71. The molecule has 10 rings (SSSR count). The lowest BCUT2D eigenvalue weighted by Gasteiger charge is -2.37. The van der Waals surface area contributed by atoms with E-state index in [1.807, 2.05) is 0 Å². The number of pyridine rings is 1. The molecule has 1 aromatic heterocycles. The molecular weight excluding hydrogens is 803 g/mol. The first kappa shape index (κ1) is 40.9. The zero-order valence-corrected chi connectivity index (χ0v) is 38.5. The summed E-state index contributed by atoms with van der Waals surface area (Å²) in [5.41, 5.74) is 9.28. The Labute approximate surface area is 380 Å². The molecule has 0 aliphatic heterocycles. The van der Waals surface area contributed by atoms with Crippen molar-refractivity contribution in [1.29, 1.82) is 0 Å². The second-order valence-corrected chi connectivity index (χ2v) is 24.7. The molecule has 0 N–H and O–H groups in total. The van der Waals surface area contributed by atoms with Crippen LogP contribution in [0.2, 0.25) is 0 Å². The van der Waals surface area contributed by atoms with Crippen LogP contribution in [-0.4, -0.2) is 21.1 Å². The molecule has 1 heterocycles. The standard InChI is InChI=1S/C61H51NSi2/c1-46-24-21-25-47(2)61(46)50-44-59(48-26-22-40-57(42-48)63(51-28-9-3-10-29-51,52-30-11-4-12-31-52)53-32-13-5-14-33-53)62-60(45-50)49-27-23-41-58(43-49)64(54-34-15-6-16-35-54,55-36-17-7-18-37-55)56-38-19-8-20-39-56/h3-22,24-40,42-45H,23,41H2,1-2H3. The zero-order valence-electron chi connectivity index (χ0n) is 36.5. The number of aryl methyl sites for hydroxylation is 2. The molecule has 0 spiro atoms. The van der Waals surface area contributed by atoms with Gasteiger partial charge in [-0.25, -0.2) is 4.98 Å². The van der Waals surface area contributed by atoms with Crippen LogP contribution in [0.4, 0.5) is 0 Å². The average molecular weight is 854 g/mol. The minimum atomic E-state index is -2.78. The Hall–Kier alpha value is -7.18. The molecule has 1 nitrogen and oxygen atoms in total. The molecule has 0 saturated heterocycles. The van der Waals surface area contributed by atoms with Crippen molar-refractivity contribution in [2.24, 2.45) is 0 Å². The van der Waals surface area contributed by atoms with Gasteiger partial charge in [-0.1, -0.05) is 242 Å². The molecule has 0 radical (unpaired) electrons. The number of aromatic nitrogens is 1. The highest BCUT2D eigenvalue weighted by Gasteiger charge is 2.44. The van der Waals surface area contributed by atoms with Crippen LogP contribution < -0.4 is 36.3 Å². The minimum absolute atomic E-state index is 0.946. The number of benzene rings is 8. The Morgan fingerprint density at radius 1 is 0.359 bits per heavy atom. The lowest BCUT2D eigenvalue weighted by atomic mass is 9.93. The average Bonchev–Trinajstić information content (AvgIpc) is 3.37. The molecule has 1 aliphatic carbocycles. The first-order valence-corrected chi connectivity index (χ1v) is 26.5. The van der Waals surface area contributed by atoms with E-state index in [9.17, 15) is 0 Å². The lowest BCUT2D eigenvalue weighted by molar-refractivity contribution is 1.01. The molecule has 3 heteroatoms. The van der Waals surface area contributed by atoms with Crippen LogP contribution in [0.1, 0.15) is 29.7 Å². The van der Waals surface area contributed by atoms with Gasteiger partial charge >= 0.3 is 0 Å². The number of hydrogen-bond donors (Lipinski definition) is 0. The third kappa shape index (κ3) is 7.37. The van der Waals surface area contributed by atoms with Gasteiger partial charge in [-0.3, -0.25) is 0 Å². The predicted octanol–water partition coefficient (Wildman–Crippen LogP) is 10.2. The highest BCUT2D eigenvalue weighted by molar-refractivity contribution is 7.20. The van der Waals surface area contributed by atoms with Crippen molar-refractivity contribution in [2.45, 2.75) is 26.7 Å². The fourth-order valence-corrected chi connectivity index (χ4v) is 20.4. The third-order valence-electron chi connectivity index (χ3n) is 13.3. The van der Waals surface area contributed by atoms with Crippen LogP contribution >= 0.6 is 0 Å². The van der Waals surface area contributed by atoms with Crippen molar-refractivity contribution in [3.05, 3.63) is 271 Å². The van der Waals surface area contributed by atoms with Gasteiger partial charge in [0.1, 0.15) is 0 Å². The SMILES string of the molecule is Cc1cccc(C)c1-c1cc(C2=CCCC([Si](c3ccccc3)(c3ccccc3)c3ccccc3)=C2)nc(-c2cccc([Si](c3ccccc3)(c3ccccc3)c3ccccc3)c2)c1. The van der Waals surface area contributed by atoms with Gasteiger partial charge in [-0.15, -0.1) is 0 Å². The molecule has 8 aromatic carbocycles. The Balaban J connectivity index is 1.20. The van der Waals surface area contributed by atoms with E-state index in [0.717, 1.165) is 29.8 Å². The van der Waals surface area contributed by atoms with Crippen LogP contribution in [0.15, 0.2) is 254 Å². The van der Waals surface area contributed by atoms with Crippen molar-refractivity contribution < 1.29 is 0 Å². The molecular formula is C61H51NSi2. The second-order valence-electron chi connectivity index (χ2n) is 17.0. The van der Waals surface area contributed by atoms with Gasteiger partial charge in [0.15, 0.2) is 16.1 Å². The van der Waals surface area contributed by atoms with Gasteiger partial charge in [0, 0.05) is 5.56 Å². The van der Waals surface area contributed by atoms with Crippen LogP contribution in [0.3, 0.4) is 0 Å². The zero-order chi connectivity index (χ0) is 43.4. The minimum Gasteiger partial charge on any atom is -0.248 e. The highest BCUT2D eigenvalue weighted by Crippen LogP contribution is 2.36. The summed E-state index contributed by atoms with van der Waals surface area (Å²) in [6.07, 6.45) is 6.89. The van der Waals surface area contributed by atoms with Gasteiger partial charge in [0.2, 0.25) is 0 Å². The normalized spacial score (nSPS) is 12.9. The van der Waals surface area contributed by atoms with Crippen LogP contribution in [0.25, 0.3) is 28.0 Å². The number of hydrogen-bond acceptors (Lipinski definition) is 1. The van der Waals surface area contributed by atoms with E-state index in [1.54, 1.807) is 0 Å². The predicted molar refractivity (Wildman–Crippen MR) is 277 cm³/mol. The molecule has 308 valence electrons. The van der Waals surface area contributed by atoms with Gasteiger partial charge < -0.3 is 0 Å². The molecule has 0 unspecified atom stereocenters. The molecule has 0 bridgehead atoms. The molecule has 9 aromatic rings. The van der Waals surface area contributed by atoms with Gasteiger partial charge in [0.25, 0.3) is 0 Å². The van der Waals surface area contributed by atoms with Crippen molar-refractivity contribution in [3.8, 4) is 22.4 Å². The van der Waals surface area contributed by atoms with Crippen LogP contribution in [0.5, 0.6) is 0 Å². The molecule has 0 fully saturated rings. The lowest BCUT2D eigenvalue weighted by Crippen LogP contribution is -2.74. The largest absolute Gasteiger partial charge is 0.248 e. The second kappa shape index (κ2) is 17.9. The molecule has 1 aliphatic rings. The summed E-state index contributed by atoms with van der Waals surface area (Å²) in [5, 5.41) is 11.1. The highest BCUT2D eigenvalue weighted by atomic mass is 28.3. The summed E-state index contributed by atoms with van der Waals surface area (Å²) in [6.45, 7) is 4.47. The molecule has 64 heavy (non-hydrogen) atoms. The maximum absolute atomic E-state index is 5.71. The van der Waals surface area contributed by atoms with E-state index in [4.69, 9.17) is 4.98 Å². The van der Waals surface area contributed by atoms with E-state index in [2.05, 4.69) is 263 Å². The van der Waals surface area contributed by atoms with E-state index in [-0.39, 0.29) is 0 Å². The van der Waals surface area contributed by atoms with Crippen molar-refractivity contribution >= 4 is 58.0 Å². The van der Waals surface area contributed by atoms with Crippen molar-refractivity contribution in [3.63, 3.8) is 0 Å². The van der Waals surface area contributed by atoms with E-state index in [0.29, 0.717) is 0 Å². The van der Waals surface area contributed by atoms with Crippen LogP contribution in [0, 0.1) is 13.8 Å². The molecule has 0 amide bonds. The Morgan fingerprint density at radius 3 is 1.20 bits per heavy atom. The summed E-state index contributed by atoms with van der Waals surface area (Å²) >= 11 is 0. The summed E-state index contributed by atoms with van der Waals surface area (Å²) in [6, 6.07) is 88.1. The summed E-state index contributed by atoms with van der Waals surface area (Å²) in [7, 11) is -5.48. The topological polar surface area (TPSA) is 12.9 Å². The monoisotopic (exact) mass is 853 g/mol. The molecule has 0 atom stereocenters. The fraction of sp³-hybridized carbons (Fsp3) is 0.0656. The smallest absolute Gasteiger partial charge is 0.179 e. The Bertz CT molecular complexity index is 2880. The third-order valence-corrected chi connectivity index (χ3v) is 23.0. The van der Waals surface area contributed by atoms with E-state index in [1.165, 1.54) is 69.3 Å². The van der Waals surface area contributed by atoms with Gasteiger partial charge in [-0.05, 0) is 103 Å². The maximum atomic E-state index is 5.71. The van der Waals surface area contributed by atoms with Gasteiger partial charge in [0.05, 0.1) is 11.4 Å². The van der Waals surface area contributed by atoms with Crippen molar-refractivity contribution in [2.75, 3.05) is 0 Å². The first-order valence-electron chi connectivity index (χ1n) is 22.5. The molecule has 0 saturated carbocycles. The van der Waals surface area contributed by atoms with Crippen LogP contribution in [-0.2, 0) is 0 Å². The van der Waals surface area contributed by atoms with Gasteiger partial charge in [-0.2, -0.15) is 0 Å². The maximum Gasteiger partial charge on any atom is 0.179 e. The fourth-order valence-electron chi connectivity index (χ4n) is 10.5. The number of nitrogens with zero attached hydrogens (tertiary/aromatic N) is 1. The quantitative estimate of drug-likeness (QED) is 0.0933. The Morgan fingerprint density at radius 2 is 0.750 bits per heavy atom. The number of allylic oxidation sites excluding steroid dienone is 4. The first-order chi connectivity index (χ1) is 31.6. The summed E-state index contributed by atoms with van der Waals surface area (Å²) in [5.74, 6) is 0. The Kier molecular flexibility index (Phi) is 11.4. The number of rotatable bonds is 11. The van der Waals surface area contributed by atoms with E-state index >= 15 is 0 Å². The van der Waals surface area contributed by atoms with E-state index < -0.39 is 16.1 Å². The van der Waals surface area contributed by atoms with Crippen molar-refractivity contribution in [1.82, 2.24) is 4.98 Å². The summed E-state index contributed by atoms with van der Waals surface area (Å²) < 4.78 is 0.